The topological polar surface area (TPSA) is 227 Å². The smallest absolute Gasteiger partial charge is 0.246 e. The first-order valence-electron chi connectivity index (χ1n) is 27.7. The highest BCUT2D eigenvalue weighted by molar-refractivity contribution is 8.00. The quantitative estimate of drug-likeness (QED) is 0.101. The number of hydrogen-bond donors (Lipinski definition) is 7. The number of aryl methyl sites for hydroxylation is 1. The Bertz CT molecular complexity index is 2620. The SMILES string of the molecule is CN[C@@H](C)C(=O)N[C@H]1CCS[C@H]2CC(C)(C)[C@@H](C(=O)N[C@H]3c4ccccc4CC3C(=O)NCc3ccc(CCC(=O)[C@@H]4Cc5ccccc5[C@@H]4NC(=O)[C@H]4N5C(=O)[C@@H](NC(=O)[C@H](C)NC)CCS[C@H]5CC4(C)C)cc3)N2C1=O. The zero-order valence-corrected chi connectivity index (χ0v) is 47.7. The van der Waals surface area contributed by atoms with Gasteiger partial charge in [-0.15, -0.1) is 23.5 Å². The predicted octanol–water partition coefficient (Wildman–Crippen LogP) is 4.23. The van der Waals surface area contributed by atoms with Gasteiger partial charge in [-0.25, -0.2) is 0 Å². The fourth-order valence-electron chi connectivity index (χ4n) is 12.7. The molecule has 78 heavy (non-hydrogen) atoms. The van der Waals surface area contributed by atoms with E-state index in [0.717, 1.165) is 33.4 Å². The summed E-state index contributed by atoms with van der Waals surface area (Å²) >= 11 is 3.27. The zero-order chi connectivity index (χ0) is 55.8. The number of thioether (sulfide) groups is 2. The van der Waals surface area contributed by atoms with Crippen molar-refractivity contribution in [3.05, 3.63) is 106 Å². The number of hydrogen-bond acceptors (Lipinski definition) is 12. The molecule has 4 heterocycles. The lowest BCUT2D eigenvalue weighted by Gasteiger charge is -2.35. The molecule has 4 aliphatic heterocycles. The Morgan fingerprint density at radius 2 is 1.03 bits per heavy atom. The van der Waals surface area contributed by atoms with Gasteiger partial charge < -0.3 is 47.0 Å². The lowest BCUT2D eigenvalue weighted by Crippen LogP contribution is -2.58. The maximum atomic E-state index is 14.7. The van der Waals surface area contributed by atoms with Crippen LogP contribution in [-0.2, 0) is 64.2 Å². The van der Waals surface area contributed by atoms with E-state index in [0.29, 0.717) is 56.5 Å². The maximum Gasteiger partial charge on any atom is 0.246 e. The molecule has 0 aromatic heterocycles. The van der Waals surface area contributed by atoms with E-state index in [1.165, 1.54) is 0 Å². The van der Waals surface area contributed by atoms with Gasteiger partial charge in [-0.05, 0) is 129 Å². The van der Waals surface area contributed by atoms with E-state index in [9.17, 15) is 38.4 Å². The van der Waals surface area contributed by atoms with Gasteiger partial charge in [-0.3, -0.25) is 38.4 Å². The molecule has 3 aromatic carbocycles. The summed E-state index contributed by atoms with van der Waals surface area (Å²) in [6.45, 7) is 11.7. The summed E-state index contributed by atoms with van der Waals surface area (Å²) < 4.78 is 0. The molecule has 0 saturated carbocycles. The van der Waals surface area contributed by atoms with E-state index in [1.54, 1.807) is 61.3 Å². The third-order valence-electron chi connectivity index (χ3n) is 17.3. The van der Waals surface area contributed by atoms with E-state index in [2.05, 4.69) is 37.2 Å². The summed E-state index contributed by atoms with van der Waals surface area (Å²) in [7, 11) is 3.38. The van der Waals surface area contributed by atoms with Crippen LogP contribution in [0.4, 0.5) is 0 Å². The predicted molar refractivity (Wildman–Crippen MR) is 301 cm³/mol. The highest BCUT2D eigenvalue weighted by Gasteiger charge is 2.57. The minimum absolute atomic E-state index is 0.0270. The van der Waals surface area contributed by atoms with Gasteiger partial charge in [0.15, 0.2) is 0 Å². The molecule has 0 bridgehead atoms. The number of nitrogens with zero attached hydrogens (tertiary/aromatic N) is 2. The third-order valence-corrected chi connectivity index (χ3v) is 19.8. The van der Waals surface area contributed by atoms with E-state index in [1.807, 2.05) is 100 Å². The minimum Gasteiger partial charge on any atom is -0.352 e. The number of fused-ring (bicyclic) bond motifs is 4. The lowest BCUT2D eigenvalue weighted by atomic mass is 9.83. The maximum absolute atomic E-state index is 14.7. The van der Waals surface area contributed by atoms with Crippen molar-refractivity contribution in [2.45, 2.75) is 159 Å². The van der Waals surface area contributed by atoms with Crippen molar-refractivity contribution in [2.24, 2.45) is 22.7 Å². The van der Waals surface area contributed by atoms with E-state index in [-0.39, 0.29) is 70.8 Å². The lowest BCUT2D eigenvalue weighted by molar-refractivity contribution is -0.144. The van der Waals surface area contributed by atoms with Crippen molar-refractivity contribution in [3.63, 3.8) is 0 Å². The first kappa shape index (κ1) is 56.9. The molecule has 1 unspecified atom stereocenters. The summed E-state index contributed by atoms with van der Waals surface area (Å²) in [6, 6.07) is 18.1. The highest BCUT2D eigenvalue weighted by atomic mass is 32.2. The molecular weight excluding hydrogens is 1030 g/mol. The first-order valence-corrected chi connectivity index (χ1v) is 29.8. The normalized spacial score (nSPS) is 28.4. The van der Waals surface area contributed by atoms with Gasteiger partial charge in [-0.2, -0.15) is 0 Å². The van der Waals surface area contributed by atoms with Crippen LogP contribution in [0.3, 0.4) is 0 Å². The van der Waals surface area contributed by atoms with Crippen molar-refractivity contribution < 1.29 is 38.4 Å². The van der Waals surface area contributed by atoms with E-state index < -0.39 is 71.0 Å². The minimum atomic E-state index is -0.817. The van der Waals surface area contributed by atoms with Gasteiger partial charge >= 0.3 is 0 Å². The van der Waals surface area contributed by atoms with Gasteiger partial charge in [0.25, 0.3) is 0 Å². The highest BCUT2D eigenvalue weighted by Crippen LogP contribution is 2.49. The van der Waals surface area contributed by atoms with Gasteiger partial charge in [0.2, 0.25) is 41.4 Å². The second-order valence-corrected chi connectivity index (χ2v) is 26.1. The number of carbonyl (C=O) groups is 8. The fraction of sp³-hybridized carbons (Fsp3) is 0.559. The number of benzene rings is 3. The molecule has 6 aliphatic rings. The molecule has 418 valence electrons. The number of amides is 7. The molecule has 7 amide bonds. The van der Waals surface area contributed by atoms with Crippen LogP contribution in [0.1, 0.15) is 119 Å². The second kappa shape index (κ2) is 23.5. The molecule has 19 heteroatoms. The van der Waals surface area contributed by atoms with E-state index >= 15 is 0 Å². The van der Waals surface area contributed by atoms with Crippen LogP contribution in [0.25, 0.3) is 0 Å². The van der Waals surface area contributed by atoms with Crippen molar-refractivity contribution in [2.75, 3.05) is 25.6 Å². The van der Waals surface area contributed by atoms with Gasteiger partial charge in [0, 0.05) is 18.9 Å². The average Bonchev–Trinajstić information content (AvgIpc) is 4.19. The largest absolute Gasteiger partial charge is 0.352 e. The molecule has 0 spiro atoms. The van der Waals surface area contributed by atoms with Crippen LogP contribution in [0, 0.1) is 22.7 Å². The van der Waals surface area contributed by atoms with Gasteiger partial charge in [-0.1, -0.05) is 100 Å². The monoisotopic (exact) mass is 1100 g/mol. The summed E-state index contributed by atoms with van der Waals surface area (Å²) in [5.74, 6) is -1.69. The van der Waals surface area contributed by atoms with Crippen molar-refractivity contribution in [1.29, 1.82) is 0 Å². The molecule has 2 aliphatic carbocycles. The van der Waals surface area contributed by atoms with E-state index in [4.69, 9.17) is 0 Å². The zero-order valence-electron chi connectivity index (χ0n) is 46.1. The molecule has 17 nitrogen and oxygen atoms in total. The molecule has 3 aromatic rings. The Morgan fingerprint density at radius 3 is 1.50 bits per heavy atom. The Hall–Kier alpha value is -5.76. The first-order chi connectivity index (χ1) is 37.2. The van der Waals surface area contributed by atoms with Crippen molar-refractivity contribution in [3.8, 4) is 0 Å². The number of likely N-dealkylation sites (N-methyl/N-ethyl adjacent to an activating group) is 2. The number of carbonyl (C=O) groups excluding carboxylic acids is 8. The molecule has 4 fully saturated rings. The van der Waals surface area contributed by atoms with Crippen LogP contribution in [-0.4, -0.2) is 130 Å². The Morgan fingerprint density at radius 1 is 0.590 bits per heavy atom. The standard InChI is InChI=1S/C59H77N9O8S2/c1-32(60-7)51(70)63-42-23-25-77-45-29-58(3,4)49(67(45)56(42)75)54(73)65-47-38-15-11-9-13-36(38)27-40(47)44(69)22-21-34-17-19-35(20-18-34)31-62-53(72)41-28-37-14-10-12-16-39(37)48(41)66-55(74)50-59(5,6)30-46-68(50)57(76)43(24-26-78-46)64-52(71)33(2)61-8/h9-20,32-33,40-43,45-50,60-61H,21-31H2,1-8H3,(H,62,72)(H,63,70)(H,64,71)(H,65,73)(H,66,74)/t32-,33-,40-,41?,42-,43-,45-,46-,47-,48-,49+,50+/m0/s1. The Balaban J connectivity index is 0.823. The van der Waals surface area contributed by atoms with Crippen LogP contribution >= 0.6 is 23.5 Å². The molecule has 4 saturated heterocycles. The summed E-state index contributed by atoms with van der Waals surface area (Å²) in [5, 5.41) is 20.9. The molecular formula is C59H77N9O8S2. The second-order valence-electron chi connectivity index (χ2n) is 23.5. The van der Waals surface area contributed by atoms with Crippen molar-refractivity contribution >= 4 is 70.7 Å². The average molecular weight is 1100 g/mol. The fourth-order valence-corrected chi connectivity index (χ4v) is 15.9. The van der Waals surface area contributed by atoms with Crippen LogP contribution in [0.5, 0.6) is 0 Å². The van der Waals surface area contributed by atoms with Crippen LogP contribution in [0.2, 0.25) is 0 Å². The van der Waals surface area contributed by atoms with Crippen LogP contribution in [0.15, 0.2) is 72.8 Å². The number of rotatable bonds is 17. The number of ketones is 1. The molecule has 12 atom stereocenters. The third kappa shape index (κ3) is 11.6. The van der Waals surface area contributed by atoms with Crippen LogP contribution < -0.4 is 37.2 Å². The van der Waals surface area contributed by atoms with Gasteiger partial charge in [0.1, 0.15) is 30.0 Å². The van der Waals surface area contributed by atoms with Crippen molar-refractivity contribution in [1.82, 2.24) is 47.0 Å². The Labute approximate surface area is 466 Å². The van der Waals surface area contributed by atoms with Gasteiger partial charge in [0.05, 0.1) is 40.8 Å². The number of nitrogens with one attached hydrogen (secondary N) is 7. The molecule has 7 N–H and O–H groups in total. The molecule has 9 rings (SSSR count). The Kier molecular flexibility index (Phi) is 17.2. The number of Topliss-reactive ketones (excluding diaryl/α,β-unsaturated/α-hetero) is 1. The summed E-state index contributed by atoms with van der Waals surface area (Å²) in [6.07, 6.45) is 3.78. The summed E-state index contributed by atoms with van der Waals surface area (Å²) in [4.78, 5) is 116. The summed E-state index contributed by atoms with van der Waals surface area (Å²) in [5.41, 5.74) is 4.41. The molecule has 0 radical (unpaired) electrons.